The zero-order valence-electron chi connectivity index (χ0n) is 17.0. The van der Waals surface area contributed by atoms with Gasteiger partial charge in [0.15, 0.2) is 0 Å². The van der Waals surface area contributed by atoms with Gasteiger partial charge >= 0.3 is 0 Å². The van der Waals surface area contributed by atoms with E-state index >= 15 is 0 Å². The molecule has 0 aliphatic carbocycles. The summed E-state index contributed by atoms with van der Waals surface area (Å²) < 4.78 is 0. The summed E-state index contributed by atoms with van der Waals surface area (Å²) in [6.45, 7) is 9.62. The second kappa shape index (κ2) is 9.69. The van der Waals surface area contributed by atoms with Gasteiger partial charge in [0.05, 0.1) is 16.4 Å². The number of thioether (sulfide) groups is 1. The van der Waals surface area contributed by atoms with Gasteiger partial charge in [-0.25, -0.2) is 4.99 Å². The molecule has 0 bridgehead atoms. The molecule has 1 aliphatic rings. The fourth-order valence-corrected chi connectivity index (χ4v) is 4.42. The van der Waals surface area contributed by atoms with Crippen molar-refractivity contribution in [3.63, 3.8) is 0 Å². The Balaban J connectivity index is 2.19. The molecule has 1 amide bonds. The van der Waals surface area contributed by atoms with E-state index in [1.807, 2.05) is 45.0 Å². The number of halogens is 2. The largest absolute Gasteiger partial charge is 0.350 e. The highest BCUT2D eigenvalue weighted by Gasteiger charge is 2.20. The fourth-order valence-electron chi connectivity index (χ4n) is 2.96. The van der Waals surface area contributed by atoms with Crippen LogP contribution in [0, 0.1) is 0 Å². The lowest BCUT2D eigenvalue weighted by Crippen LogP contribution is -2.30. The Morgan fingerprint density at radius 1 is 1.17 bits per heavy atom. The smallest absolute Gasteiger partial charge is 0.251 e. The lowest BCUT2D eigenvalue weighted by atomic mass is 10.0. The van der Waals surface area contributed by atoms with Crippen LogP contribution in [0.2, 0.25) is 10.0 Å². The maximum absolute atomic E-state index is 12.5. The first-order valence-corrected chi connectivity index (χ1v) is 11.0. The first-order chi connectivity index (χ1) is 14.3. The van der Waals surface area contributed by atoms with E-state index in [9.17, 15) is 4.79 Å². The number of nitrogens with one attached hydrogen (secondary N) is 1. The minimum atomic E-state index is -0.187. The van der Waals surface area contributed by atoms with Crippen molar-refractivity contribution >= 4 is 46.6 Å². The van der Waals surface area contributed by atoms with Crippen LogP contribution in [0.25, 0.3) is 0 Å². The number of carbonyl (C=O) groups is 1. The molecule has 6 heteroatoms. The molecule has 3 nitrogen and oxygen atoms in total. The average Bonchev–Trinajstić information content (AvgIpc) is 2.82. The van der Waals surface area contributed by atoms with Crippen LogP contribution in [0.1, 0.15) is 31.9 Å². The van der Waals surface area contributed by atoms with E-state index in [1.54, 1.807) is 36.0 Å². The first kappa shape index (κ1) is 22.4. The van der Waals surface area contributed by atoms with Gasteiger partial charge in [-0.2, -0.15) is 0 Å². The molecular weight excluding hydrogens is 435 g/mol. The molecule has 0 atom stereocenters. The highest BCUT2D eigenvalue weighted by molar-refractivity contribution is 8.03. The highest BCUT2D eigenvalue weighted by Crippen LogP contribution is 2.38. The summed E-state index contributed by atoms with van der Waals surface area (Å²) >= 11 is 14.2. The lowest BCUT2D eigenvalue weighted by molar-refractivity contribution is -0.117. The van der Waals surface area contributed by atoms with Gasteiger partial charge in [0.25, 0.3) is 5.91 Å². The third-order valence-corrected chi connectivity index (χ3v) is 6.02. The van der Waals surface area contributed by atoms with Gasteiger partial charge in [-0.3, -0.25) is 4.79 Å². The maximum atomic E-state index is 12.5. The summed E-state index contributed by atoms with van der Waals surface area (Å²) in [6, 6.07) is 13.4. The van der Waals surface area contributed by atoms with E-state index in [4.69, 9.17) is 28.2 Å². The Kier molecular flexibility index (Phi) is 7.24. The number of fused-ring (bicyclic) bond motifs is 1. The zero-order chi connectivity index (χ0) is 21.8. The number of hydrogen-bond donors (Lipinski definition) is 1. The van der Waals surface area contributed by atoms with E-state index in [2.05, 4.69) is 18.0 Å². The van der Waals surface area contributed by atoms with Crippen molar-refractivity contribution in [2.45, 2.75) is 31.7 Å². The SMILES string of the molecule is C=C/C(=C\C1=C(C)Sc2ccccc2C(c2ccc(Cl)cc2Cl)=N1)C(=O)NC(C)C. The molecule has 3 rings (SSSR count). The minimum Gasteiger partial charge on any atom is -0.350 e. The first-order valence-electron chi connectivity index (χ1n) is 9.47. The third-order valence-electron chi connectivity index (χ3n) is 4.38. The van der Waals surface area contributed by atoms with Crippen LogP contribution in [0.3, 0.4) is 0 Å². The van der Waals surface area contributed by atoms with Gasteiger partial charge in [0.1, 0.15) is 0 Å². The summed E-state index contributed by atoms with van der Waals surface area (Å²) in [7, 11) is 0. The molecule has 1 heterocycles. The van der Waals surface area contributed by atoms with Crippen LogP contribution in [-0.4, -0.2) is 17.7 Å². The zero-order valence-corrected chi connectivity index (χ0v) is 19.3. The summed E-state index contributed by atoms with van der Waals surface area (Å²) in [5, 5.41) is 3.98. The number of benzene rings is 2. The summed E-state index contributed by atoms with van der Waals surface area (Å²) in [4.78, 5) is 19.5. The molecule has 0 aromatic heterocycles. The van der Waals surface area contributed by atoms with Gasteiger partial charge < -0.3 is 5.32 Å². The maximum Gasteiger partial charge on any atom is 0.251 e. The predicted octanol–water partition coefficient (Wildman–Crippen LogP) is 6.81. The predicted molar refractivity (Wildman–Crippen MR) is 129 cm³/mol. The third kappa shape index (κ3) is 5.07. The van der Waals surface area contributed by atoms with E-state index in [0.29, 0.717) is 21.3 Å². The van der Waals surface area contributed by atoms with Crippen molar-refractivity contribution in [2.24, 2.45) is 4.99 Å². The highest BCUT2D eigenvalue weighted by atomic mass is 35.5. The topological polar surface area (TPSA) is 41.5 Å². The molecule has 2 aromatic carbocycles. The van der Waals surface area contributed by atoms with Crippen LogP contribution in [0.4, 0.5) is 0 Å². The van der Waals surface area contributed by atoms with Crippen molar-refractivity contribution in [1.29, 1.82) is 0 Å². The minimum absolute atomic E-state index is 0.0237. The molecule has 0 saturated carbocycles. The van der Waals surface area contributed by atoms with Gasteiger partial charge in [0, 0.05) is 37.6 Å². The van der Waals surface area contributed by atoms with E-state index < -0.39 is 0 Å². The summed E-state index contributed by atoms with van der Waals surface area (Å²) in [5.74, 6) is -0.187. The second-order valence-corrected chi connectivity index (χ2v) is 9.16. The number of hydrogen-bond acceptors (Lipinski definition) is 3. The van der Waals surface area contributed by atoms with Gasteiger partial charge in [-0.1, -0.05) is 65.8 Å². The van der Waals surface area contributed by atoms with Crippen molar-refractivity contribution < 1.29 is 4.79 Å². The standard InChI is InChI=1S/C24H22Cl2N2OS/c1-5-16(24(29)27-14(2)3)12-21-15(4)30-22-9-7-6-8-19(22)23(28-21)18-11-10-17(25)13-20(18)26/h5-14H,1H2,2-4H3,(H,27,29)/b16-12+. The molecule has 0 spiro atoms. The molecular formula is C24H22Cl2N2OS. The Labute approximate surface area is 191 Å². The lowest BCUT2D eigenvalue weighted by Gasteiger charge is -2.11. The van der Waals surface area contributed by atoms with Crippen molar-refractivity contribution in [3.8, 4) is 0 Å². The van der Waals surface area contributed by atoms with Crippen LogP contribution < -0.4 is 5.32 Å². The Morgan fingerprint density at radius 2 is 1.90 bits per heavy atom. The van der Waals surface area contributed by atoms with E-state index in [1.165, 1.54) is 0 Å². The van der Waals surface area contributed by atoms with Crippen molar-refractivity contribution in [2.75, 3.05) is 0 Å². The average molecular weight is 457 g/mol. The Morgan fingerprint density at radius 3 is 2.57 bits per heavy atom. The molecule has 1 N–H and O–H groups in total. The van der Waals surface area contributed by atoms with Gasteiger partial charge in [-0.05, 0) is 51.1 Å². The molecule has 0 unspecified atom stereocenters. The van der Waals surface area contributed by atoms with Crippen LogP contribution in [0.5, 0.6) is 0 Å². The van der Waals surface area contributed by atoms with Crippen LogP contribution in [-0.2, 0) is 4.79 Å². The van der Waals surface area contributed by atoms with Crippen molar-refractivity contribution in [1.82, 2.24) is 5.32 Å². The number of allylic oxidation sites excluding steroid dienone is 2. The fraction of sp³-hybridized carbons (Fsp3) is 0.167. The summed E-state index contributed by atoms with van der Waals surface area (Å²) in [5.41, 5.74) is 3.62. The summed E-state index contributed by atoms with van der Waals surface area (Å²) in [6.07, 6.45) is 3.31. The number of nitrogens with zero attached hydrogens (tertiary/aromatic N) is 1. The number of aliphatic imine (C=N–C) groups is 1. The van der Waals surface area contributed by atoms with Crippen LogP contribution >= 0.6 is 35.0 Å². The Hall–Kier alpha value is -2.27. The van der Waals surface area contributed by atoms with E-state index in [-0.39, 0.29) is 11.9 Å². The van der Waals surface area contributed by atoms with Gasteiger partial charge in [0.2, 0.25) is 0 Å². The molecule has 0 fully saturated rings. The number of amides is 1. The number of carbonyl (C=O) groups excluding carboxylic acids is 1. The van der Waals surface area contributed by atoms with Crippen LogP contribution in [0.15, 0.2) is 87.3 Å². The normalized spacial score (nSPS) is 14.2. The quantitative estimate of drug-likeness (QED) is 0.396. The van der Waals surface area contributed by atoms with Gasteiger partial charge in [-0.15, -0.1) is 0 Å². The second-order valence-electron chi connectivity index (χ2n) is 7.06. The molecule has 0 radical (unpaired) electrons. The van der Waals surface area contributed by atoms with E-state index in [0.717, 1.165) is 26.6 Å². The van der Waals surface area contributed by atoms with Crippen molar-refractivity contribution in [3.05, 3.63) is 98.5 Å². The number of rotatable bonds is 5. The molecule has 30 heavy (non-hydrogen) atoms. The molecule has 1 aliphatic heterocycles. The molecule has 154 valence electrons. The molecule has 2 aromatic rings. The molecule has 0 saturated heterocycles. The Bertz CT molecular complexity index is 1100. The monoisotopic (exact) mass is 456 g/mol.